The molecule has 72 valence electrons. The number of nitrogens with zero attached hydrogens (tertiary/aromatic N) is 1. The molecule has 6 nitrogen and oxygen atoms in total. The van der Waals surface area contributed by atoms with Gasteiger partial charge in [-0.05, 0) is 0 Å². The number of amides is 1. The minimum atomic E-state index is -0.684. The molecular weight excluding hydrogens is 172 g/mol. The van der Waals surface area contributed by atoms with Crippen LogP contribution in [0.15, 0.2) is 0 Å². The number of Topliss-reactive ketones (excluding diaryl/α,β-unsaturated/α-hetero) is 1. The maximum Gasteiger partial charge on any atom is 0.258 e. The Labute approximate surface area is 75.4 Å². The third-order valence-electron chi connectivity index (χ3n) is 2.55. The number of fused-ring (bicyclic) bond motifs is 2. The second-order valence-corrected chi connectivity index (χ2v) is 3.41. The first-order valence-corrected chi connectivity index (χ1v) is 4.23. The lowest BCUT2D eigenvalue weighted by atomic mass is 9.99. The van der Waals surface area contributed by atoms with E-state index in [2.05, 4.69) is 5.32 Å². The van der Waals surface area contributed by atoms with Gasteiger partial charge < -0.3 is 0 Å². The number of ketones is 1. The molecule has 2 aliphatic heterocycles. The summed E-state index contributed by atoms with van der Waals surface area (Å²) in [5, 5.41) is 3.14. The second-order valence-electron chi connectivity index (χ2n) is 3.41. The van der Waals surface area contributed by atoms with Crippen molar-refractivity contribution in [3.8, 4) is 0 Å². The Morgan fingerprint density at radius 3 is 3.15 bits per heavy atom. The first kappa shape index (κ1) is 8.61. The fourth-order valence-corrected chi connectivity index (χ4v) is 1.94. The predicted molar refractivity (Wildman–Crippen MR) is 44.2 cm³/mol. The van der Waals surface area contributed by atoms with Crippen LogP contribution < -0.4 is 16.6 Å². The smallest absolute Gasteiger partial charge is 0.258 e. The number of hydrogen-bond acceptors (Lipinski definition) is 5. The number of rotatable bonds is 1. The average Bonchev–Trinajstić information content (AvgIpc) is 2.48. The summed E-state index contributed by atoms with van der Waals surface area (Å²) in [5.41, 5.74) is 2.02. The Morgan fingerprint density at radius 1 is 1.69 bits per heavy atom. The lowest BCUT2D eigenvalue weighted by Crippen LogP contribution is -2.55. The molecule has 2 rings (SSSR count). The highest BCUT2D eigenvalue weighted by atomic mass is 16.2. The van der Waals surface area contributed by atoms with Crippen LogP contribution in [0.5, 0.6) is 0 Å². The maximum absolute atomic E-state index is 11.5. The van der Waals surface area contributed by atoms with E-state index in [9.17, 15) is 9.59 Å². The van der Waals surface area contributed by atoms with Gasteiger partial charge in [-0.15, -0.1) is 0 Å². The van der Waals surface area contributed by atoms with Gasteiger partial charge in [-0.2, -0.15) is 0 Å². The Balaban J connectivity index is 2.16. The number of hydrogen-bond donors (Lipinski definition) is 3. The third-order valence-corrected chi connectivity index (χ3v) is 2.55. The number of nitrogens with two attached hydrogens (primary N) is 1. The number of carbonyl (C=O) groups excluding carboxylic acids is 2. The van der Waals surface area contributed by atoms with E-state index in [0.29, 0.717) is 13.1 Å². The first-order valence-electron chi connectivity index (χ1n) is 4.23. The van der Waals surface area contributed by atoms with Crippen LogP contribution in [0.2, 0.25) is 0 Å². The van der Waals surface area contributed by atoms with Gasteiger partial charge in [0.15, 0.2) is 11.8 Å². The molecule has 0 spiro atoms. The zero-order valence-electron chi connectivity index (χ0n) is 7.12. The van der Waals surface area contributed by atoms with E-state index in [4.69, 9.17) is 5.84 Å². The summed E-state index contributed by atoms with van der Waals surface area (Å²) in [5.74, 6) is 4.54. The Morgan fingerprint density at radius 2 is 2.46 bits per heavy atom. The summed E-state index contributed by atoms with van der Waals surface area (Å²) in [7, 11) is 0. The van der Waals surface area contributed by atoms with Gasteiger partial charge in [0.05, 0.1) is 0 Å². The Kier molecular flexibility index (Phi) is 2.03. The van der Waals surface area contributed by atoms with Crippen molar-refractivity contribution in [3.05, 3.63) is 0 Å². The van der Waals surface area contributed by atoms with Crippen LogP contribution in [0.4, 0.5) is 0 Å². The highest BCUT2D eigenvalue weighted by Gasteiger charge is 2.42. The molecule has 0 radical (unpaired) electrons. The topological polar surface area (TPSA) is 87.5 Å². The van der Waals surface area contributed by atoms with E-state index >= 15 is 0 Å². The molecule has 3 unspecified atom stereocenters. The van der Waals surface area contributed by atoms with E-state index in [0.717, 1.165) is 6.54 Å². The molecule has 3 atom stereocenters. The number of piperidine rings is 1. The predicted octanol–water partition coefficient (Wildman–Crippen LogP) is -2.45. The van der Waals surface area contributed by atoms with Crippen molar-refractivity contribution in [2.24, 2.45) is 5.84 Å². The quantitative estimate of drug-likeness (QED) is 0.182. The van der Waals surface area contributed by atoms with Crippen molar-refractivity contribution in [3.63, 3.8) is 0 Å². The van der Waals surface area contributed by atoms with Crippen LogP contribution >= 0.6 is 0 Å². The van der Waals surface area contributed by atoms with Crippen molar-refractivity contribution in [1.82, 2.24) is 15.6 Å². The van der Waals surface area contributed by atoms with E-state index in [1.54, 1.807) is 4.90 Å². The molecule has 0 aromatic rings. The van der Waals surface area contributed by atoms with Gasteiger partial charge >= 0.3 is 0 Å². The zero-order valence-corrected chi connectivity index (χ0v) is 7.12. The van der Waals surface area contributed by atoms with Gasteiger partial charge in [0, 0.05) is 25.7 Å². The molecule has 2 saturated heterocycles. The molecule has 2 bridgehead atoms. The summed E-state index contributed by atoms with van der Waals surface area (Å²) in [6, 6.07) is -0.467. The number of nitrogens with one attached hydrogen (secondary N) is 2. The third kappa shape index (κ3) is 1.32. The molecule has 0 saturated carbocycles. The summed E-state index contributed by atoms with van der Waals surface area (Å²) < 4.78 is 0. The summed E-state index contributed by atoms with van der Waals surface area (Å²) >= 11 is 0. The van der Waals surface area contributed by atoms with Crippen molar-refractivity contribution >= 4 is 11.7 Å². The van der Waals surface area contributed by atoms with Gasteiger partial charge in [-0.1, -0.05) is 0 Å². The molecule has 6 heteroatoms. The summed E-state index contributed by atoms with van der Waals surface area (Å²) in [6.07, 6.45) is 0.425. The van der Waals surface area contributed by atoms with Crippen LogP contribution in [0.25, 0.3) is 0 Å². The lowest BCUT2D eigenvalue weighted by Gasteiger charge is -2.27. The van der Waals surface area contributed by atoms with Crippen LogP contribution in [0, 0.1) is 0 Å². The average molecular weight is 184 g/mol. The second kappa shape index (κ2) is 3.06. The van der Waals surface area contributed by atoms with Crippen molar-refractivity contribution in [2.75, 3.05) is 13.2 Å². The highest BCUT2D eigenvalue weighted by Crippen LogP contribution is 2.18. The van der Waals surface area contributed by atoms with E-state index in [1.165, 1.54) is 0 Å². The Hall–Kier alpha value is -0.980. The maximum atomic E-state index is 11.5. The van der Waals surface area contributed by atoms with Crippen LogP contribution in [0.1, 0.15) is 6.42 Å². The molecule has 2 heterocycles. The number of hydrazine groups is 1. The monoisotopic (exact) mass is 184 g/mol. The molecule has 2 fully saturated rings. The molecule has 0 aliphatic carbocycles. The standard InChI is InChI=1S/C7H12N4O2/c8-10-7(13)6-5(12)1-4-2-11(6)3-9-4/h4,6,9H,1-3,8H2,(H,10,13). The first-order chi connectivity index (χ1) is 6.22. The van der Waals surface area contributed by atoms with Gasteiger partial charge in [0.1, 0.15) is 0 Å². The minimum Gasteiger partial charge on any atom is -0.300 e. The summed E-state index contributed by atoms with van der Waals surface area (Å²) in [6.45, 7) is 1.35. The molecule has 4 N–H and O–H groups in total. The van der Waals surface area contributed by atoms with Crippen molar-refractivity contribution in [2.45, 2.75) is 18.5 Å². The van der Waals surface area contributed by atoms with Crippen LogP contribution in [-0.2, 0) is 9.59 Å². The SMILES string of the molecule is NNC(=O)C1C(=O)CC2CN1CN2. The minimum absolute atomic E-state index is 0.0517. The molecular formula is C7H12N4O2. The van der Waals surface area contributed by atoms with Crippen LogP contribution in [-0.4, -0.2) is 41.9 Å². The molecule has 1 amide bonds. The molecule has 2 aliphatic rings. The normalized spacial score (nSPS) is 37.6. The fourth-order valence-electron chi connectivity index (χ4n) is 1.94. The molecule has 0 aromatic heterocycles. The van der Waals surface area contributed by atoms with Gasteiger partial charge in [0.2, 0.25) is 0 Å². The highest BCUT2D eigenvalue weighted by molar-refractivity contribution is 6.06. The summed E-state index contributed by atoms with van der Waals surface area (Å²) in [4.78, 5) is 24.5. The van der Waals surface area contributed by atoms with Crippen molar-refractivity contribution < 1.29 is 9.59 Å². The van der Waals surface area contributed by atoms with E-state index in [1.807, 2.05) is 5.43 Å². The fraction of sp³-hybridized carbons (Fsp3) is 0.714. The van der Waals surface area contributed by atoms with Gasteiger partial charge in [0.25, 0.3) is 5.91 Å². The zero-order chi connectivity index (χ0) is 9.42. The lowest BCUT2D eigenvalue weighted by molar-refractivity contribution is -0.136. The van der Waals surface area contributed by atoms with Gasteiger partial charge in [-0.25, -0.2) is 5.84 Å². The van der Waals surface area contributed by atoms with E-state index < -0.39 is 11.9 Å². The Bertz CT molecular complexity index is 255. The van der Waals surface area contributed by atoms with Crippen molar-refractivity contribution in [1.29, 1.82) is 0 Å². The molecule has 13 heavy (non-hydrogen) atoms. The van der Waals surface area contributed by atoms with Crippen LogP contribution in [0.3, 0.4) is 0 Å². The molecule has 0 aromatic carbocycles. The van der Waals surface area contributed by atoms with Gasteiger partial charge in [-0.3, -0.25) is 25.2 Å². The number of carbonyl (C=O) groups is 2. The largest absolute Gasteiger partial charge is 0.300 e. The van der Waals surface area contributed by atoms with E-state index in [-0.39, 0.29) is 11.8 Å².